The van der Waals surface area contributed by atoms with Crippen LogP contribution < -0.4 is 10.5 Å². The summed E-state index contributed by atoms with van der Waals surface area (Å²) < 4.78 is 5.66. The van der Waals surface area contributed by atoms with Crippen molar-refractivity contribution in [2.75, 3.05) is 20.2 Å². The zero-order chi connectivity index (χ0) is 12.1. The molecule has 1 unspecified atom stereocenters. The number of ether oxygens (including phenoxy) is 1. The van der Waals surface area contributed by atoms with Crippen molar-refractivity contribution in [2.45, 2.75) is 31.8 Å². The molecule has 1 aliphatic heterocycles. The van der Waals surface area contributed by atoms with Gasteiger partial charge in [-0.25, -0.2) is 0 Å². The van der Waals surface area contributed by atoms with Crippen molar-refractivity contribution in [1.29, 1.82) is 0 Å². The Bertz CT molecular complexity index is 341. The maximum absolute atomic E-state index is 5.66. The third-order valence-electron chi connectivity index (χ3n) is 3.25. The topological polar surface area (TPSA) is 64.3 Å². The fourth-order valence-corrected chi connectivity index (χ4v) is 2.07. The van der Waals surface area contributed by atoms with Crippen LogP contribution in [0.25, 0.3) is 0 Å². The second kappa shape index (κ2) is 5.93. The molecular formula is C12H20N4O. The van der Waals surface area contributed by atoms with Crippen LogP contribution >= 0.6 is 0 Å². The smallest absolute Gasteiger partial charge is 0.233 e. The number of aromatic nitrogens is 2. The van der Waals surface area contributed by atoms with E-state index in [9.17, 15) is 0 Å². The van der Waals surface area contributed by atoms with Crippen LogP contribution in [0.1, 0.15) is 25.0 Å². The maximum Gasteiger partial charge on any atom is 0.233 e. The van der Waals surface area contributed by atoms with E-state index >= 15 is 0 Å². The molecule has 0 aliphatic carbocycles. The fraction of sp³-hybridized carbons (Fsp3) is 0.667. The average Bonchev–Trinajstić information content (AvgIpc) is 2.38. The number of likely N-dealkylation sites (tertiary alicyclic amines) is 1. The minimum Gasteiger partial charge on any atom is -0.475 e. The Morgan fingerprint density at radius 3 is 2.94 bits per heavy atom. The standard InChI is InChI=1S/C12H20N4O/c1-16-7-3-2-4-11(16)9-17-12-6-5-10(8-13)14-15-12/h5-6,11H,2-4,7-9,13H2,1H3. The molecule has 1 atom stereocenters. The van der Waals surface area contributed by atoms with Gasteiger partial charge in [0.05, 0.1) is 5.69 Å². The molecule has 0 bridgehead atoms. The molecule has 94 valence electrons. The molecule has 17 heavy (non-hydrogen) atoms. The quantitative estimate of drug-likeness (QED) is 0.837. The van der Waals surface area contributed by atoms with Crippen LogP contribution in [0.2, 0.25) is 0 Å². The van der Waals surface area contributed by atoms with Gasteiger partial charge in [-0.1, -0.05) is 6.42 Å². The molecule has 0 saturated carbocycles. The molecular weight excluding hydrogens is 216 g/mol. The average molecular weight is 236 g/mol. The predicted octanol–water partition coefficient (Wildman–Crippen LogP) is 0.798. The Labute approximate surface area is 102 Å². The molecule has 2 N–H and O–H groups in total. The summed E-state index contributed by atoms with van der Waals surface area (Å²) >= 11 is 0. The zero-order valence-electron chi connectivity index (χ0n) is 10.3. The fourth-order valence-electron chi connectivity index (χ4n) is 2.07. The molecule has 1 saturated heterocycles. The zero-order valence-corrected chi connectivity index (χ0v) is 10.3. The summed E-state index contributed by atoms with van der Waals surface area (Å²) in [6.07, 6.45) is 3.78. The summed E-state index contributed by atoms with van der Waals surface area (Å²) in [4.78, 5) is 2.35. The number of nitrogens with zero attached hydrogens (tertiary/aromatic N) is 3. The molecule has 1 aromatic heterocycles. The Hall–Kier alpha value is -1.20. The van der Waals surface area contributed by atoms with Crippen LogP contribution in [0.3, 0.4) is 0 Å². The van der Waals surface area contributed by atoms with E-state index < -0.39 is 0 Å². The minimum absolute atomic E-state index is 0.415. The Balaban J connectivity index is 1.84. The van der Waals surface area contributed by atoms with Crippen molar-refractivity contribution >= 4 is 0 Å². The highest BCUT2D eigenvalue weighted by molar-refractivity contribution is 5.11. The van der Waals surface area contributed by atoms with Gasteiger partial charge in [-0.05, 0) is 32.5 Å². The van der Waals surface area contributed by atoms with E-state index in [-0.39, 0.29) is 0 Å². The molecule has 1 fully saturated rings. The number of hydrogen-bond donors (Lipinski definition) is 1. The summed E-state index contributed by atoms with van der Waals surface area (Å²) in [5.41, 5.74) is 6.24. The summed E-state index contributed by atoms with van der Waals surface area (Å²) in [6.45, 7) is 2.26. The normalized spacial score (nSPS) is 21.4. The molecule has 0 aromatic carbocycles. The lowest BCUT2D eigenvalue weighted by molar-refractivity contribution is 0.122. The van der Waals surface area contributed by atoms with Crippen LogP contribution in [0, 0.1) is 0 Å². The van der Waals surface area contributed by atoms with Crippen LogP contribution in [0.4, 0.5) is 0 Å². The van der Waals surface area contributed by atoms with Gasteiger partial charge in [0.1, 0.15) is 6.61 Å². The van der Waals surface area contributed by atoms with Gasteiger partial charge in [-0.2, -0.15) is 5.10 Å². The third-order valence-corrected chi connectivity index (χ3v) is 3.25. The first-order chi connectivity index (χ1) is 8.29. The highest BCUT2D eigenvalue weighted by atomic mass is 16.5. The second-order valence-corrected chi connectivity index (χ2v) is 4.51. The first-order valence-corrected chi connectivity index (χ1v) is 6.15. The number of hydrogen-bond acceptors (Lipinski definition) is 5. The molecule has 0 spiro atoms. The molecule has 1 aliphatic rings. The van der Waals surface area contributed by atoms with Gasteiger partial charge in [-0.15, -0.1) is 5.10 Å². The number of nitrogens with two attached hydrogens (primary N) is 1. The number of rotatable bonds is 4. The van der Waals surface area contributed by atoms with Gasteiger partial charge in [0.25, 0.3) is 0 Å². The van der Waals surface area contributed by atoms with E-state index in [0.717, 1.165) is 12.2 Å². The van der Waals surface area contributed by atoms with Gasteiger partial charge in [0, 0.05) is 18.7 Å². The summed E-state index contributed by atoms with van der Waals surface area (Å²) in [6, 6.07) is 4.19. The van der Waals surface area contributed by atoms with Gasteiger partial charge in [0.2, 0.25) is 5.88 Å². The van der Waals surface area contributed by atoms with Crippen LogP contribution in [0.5, 0.6) is 5.88 Å². The van der Waals surface area contributed by atoms with E-state index in [0.29, 0.717) is 25.1 Å². The molecule has 5 nitrogen and oxygen atoms in total. The maximum atomic E-state index is 5.66. The van der Waals surface area contributed by atoms with E-state index in [1.807, 2.05) is 12.1 Å². The second-order valence-electron chi connectivity index (χ2n) is 4.51. The van der Waals surface area contributed by atoms with Crippen molar-refractivity contribution in [1.82, 2.24) is 15.1 Å². The lowest BCUT2D eigenvalue weighted by atomic mass is 10.0. The van der Waals surface area contributed by atoms with Crippen molar-refractivity contribution in [3.8, 4) is 5.88 Å². The van der Waals surface area contributed by atoms with Crippen LogP contribution in [-0.4, -0.2) is 41.3 Å². The van der Waals surface area contributed by atoms with E-state index in [1.165, 1.54) is 19.3 Å². The predicted molar refractivity (Wildman–Crippen MR) is 65.7 cm³/mol. The van der Waals surface area contributed by atoms with Gasteiger partial charge < -0.3 is 15.4 Å². The van der Waals surface area contributed by atoms with Crippen molar-refractivity contribution in [3.05, 3.63) is 17.8 Å². The largest absolute Gasteiger partial charge is 0.475 e. The first kappa shape index (κ1) is 12.3. The lowest BCUT2D eigenvalue weighted by Crippen LogP contribution is -2.40. The van der Waals surface area contributed by atoms with Crippen molar-refractivity contribution in [3.63, 3.8) is 0 Å². The van der Waals surface area contributed by atoms with Gasteiger partial charge in [0.15, 0.2) is 0 Å². The minimum atomic E-state index is 0.415. The molecule has 5 heteroatoms. The summed E-state index contributed by atoms with van der Waals surface area (Å²) in [7, 11) is 2.15. The highest BCUT2D eigenvalue weighted by Crippen LogP contribution is 2.16. The highest BCUT2D eigenvalue weighted by Gasteiger charge is 2.19. The van der Waals surface area contributed by atoms with Gasteiger partial charge in [-0.3, -0.25) is 0 Å². The molecule has 2 rings (SSSR count). The summed E-state index contributed by atoms with van der Waals surface area (Å²) in [5, 5.41) is 7.95. The number of likely N-dealkylation sites (N-methyl/N-ethyl adjacent to an activating group) is 1. The van der Waals surface area contributed by atoms with Crippen LogP contribution in [-0.2, 0) is 6.54 Å². The Morgan fingerprint density at radius 1 is 1.41 bits per heavy atom. The molecule has 1 aromatic rings. The van der Waals surface area contributed by atoms with E-state index in [1.54, 1.807) is 0 Å². The molecule has 2 heterocycles. The molecule has 0 radical (unpaired) electrons. The number of piperidine rings is 1. The summed E-state index contributed by atoms with van der Waals surface area (Å²) in [5.74, 6) is 0.584. The first-order valence-electron chi connectivity index (χ1n) is 6.15. The lowest BCUT2D eigenvalue weighted by Gasteiger charge is -2.31. The van der Waals surface area contributed by atoms with Crippen molar-refractivity contribution in [2.24, 2.45) is 5.73 Å². The Morgan fingerprint density at radius 2 is 2.29 bits per heavy atom. The van der Waals surface area contributed by atoms with Crippen molar-refractivity contribution < 1.29 is 4.74 Å². The monoisotopic (exact) mass is 236 g/mol. The SMILES string of the molecule is CN1CCCCC1COc1ccc(CN)nn1. The third kappa shape index (κ3) is 3.38. The molecule has 0 amide bonds. The van der Waals surface area contributed by atoms with Crippen LogP contribution in [0.15, 0.2) is 12.1 Å². The van der Waals surface area contributed by atoms with E-state index in [4.69, 9.17) is 10.5 Å². The van der Waals surface area contributed by atoms with Gasteiger partial charge >= 0.3 is 0 Å². The van der Waals surface area contributed by atoms with E-state index in [2.05, 4.69) is 22.1 Å². The Kier molecular flexibility index (Phi) is 4.28.